The van der Waals surface area contributed by atoms with Gasteiger partial charge in [0.1, 0.15) is 5.60 Å². The first-order chi connectivity index (χ1) is 9.77. The van der Waals surface area contributed by atoms with E-state index in [2.05, 4.69) is 17.1 Å². The Hall–Kier alpha value is -0.940. The lowest BCUT2D eigenvalue weighted by atomic mass is 9.79. The van der Waals surface area contributed by atoms with Gasteiger partial charge < -0.3 is 14.4 Å². The molecule has 0 aliphatic heterocycles. The van der Waals surface area contributed by atoms with Crippen LogP contribution in [0.5, 0.6) is 0 Å². The number of aliphatic hydroxyl groups excluding tert-OH is 1. The summed E-state index contributed by atoms with van der Waals surface area (Å²) in [6.45, 7) is 8.25. The van der Waals surface area contributed by atoms with Crippen LogP contribution in [0.15, 0.2) is 4.52 Å². The highest BCUT2D eigenvalue weighted by atomic mass is 16.5. The van der Waals surface area contributed by atoms with Gasteiger partial charge in [0, 0.05) is 7.11 Å². The molecular formula is C16H28N2O3. The highest BCUT2D eigenvalue weighted by Crippen LogP contribution is 2.40. The zero-order valence-electron chi connectivity index (χ0n) is 13.8. The molecular weight excluding hydrogens is 268 g/mol. The van der Waals surface area contributed by atoms with Gasteiger partial charge in [0.25, 0.3) is 0 Å². The van der Waals surface area contributed by atoms with E-state index in [-0.39, 0.29) is 5.41 Å². The molecule has 1 saturated carbocycles. The molecule has 1 fully saturated rings. The van der Waals surface area contributed by atoms with Crippen molar-refractivity contribution in [3.8, 4) is 0 Å². The Bertz CT molecular complexity index is 456. The number of aliphatic hydroxyl groups is 1. The summed E-state index contributed by atoms with van der Waals surface area (Å²) in [6, 6.07) is 0. The molecule has 0 aromatic carbocycles. The van der Waals surface area contributed by atoms with Gasteiger partial charge in [0.2, 0.25) is 11.7 Å². The standard InChI is InChI=1S/C16H28N2O3/c1-11-6-8-16(20-5,9-7-11)14-17-13(21-18-14)10-12(19)15(2,3)4/h11-12,19H,6-10H2,1-5H3. The minimum atomic E-state index is -0.504. The normalized spacial score (nSPS) is 28.6. The van der Waals surface area contributed by atoms with Crippen molar-refractivity contribution in [2.45, 2.75) is 71.5 Å². The quantitative estimate of drug-likeness (QED) is 0.924. The van der Waals surface area contributed by atoms with Crippen LogP contribution < -0.4 is 0 Å². The molecule has 2 rings (SSSR count). The summed E-state index contributed by atoms with van der Waals surface area (Å²) in [7, 11) is 1.72. The number of aromatic nitrogens is 2. The fourth-order valence-electron chi connectivity index (χ4n) is 2.74. The third kappa shape index (κ3) is 3.64. The van der Waals surface area contributed by atoms with Crippen molar-refractivity contribution in [1.82, 2.24) is 10.1 Å². The van der Waals surface area contributed by atoms with Gasteiger partial charge in [-0.2, -0.15) is 4.98 Å². The first-order valence-corrected chi connectivity index (χ1v) is 7.83. The van der Waals surface area contributed by atoms with Crippen molar-refractivity contribution in [3.05, 3.63) is 11.7 Å². The maximum absolute atomic E-state index is 10.2. The van der Waals surface area contributed by atoms with E-state index in [1.807, 2.05) is 20.8 Å². The predicted molar refractivity (Wildman–Crippen MR) is 79.8 cm³/mol. The van der Waals surface area contributed by atoms with Gasteiger partial charge in [0.05, 0.1) is 12.5 Å². The van der Waals surface area contributed by atoms with Gasteiger partial charge in [-0.15, -0.1) is 0 Å². The van der Waals surface area contributed by atoms with E-state index in [4.69, 9.17) is 9.26 Å². The highest BCUT2D eigenvalue weighted by molar-refractivity contribution is 5.04. The van der Waals surface area contributed by atoms with Gasteiger partial charge in [0.15, 0.2) is 0 Å². The maximum atomic E-state index is 10.2. The first kappa shape index (κ1) is 16.4. The fourth-order valence-corrected chi connectivity index (χ4v) is 2.74. The molecule has 5 heteroatoms. The van der Waals surface area contributed by atoms with Crippen molar-refractivity contribution >= 4 is 0 Å². The predicted octanol–water partition coefficient (Wildman–Crippen LogP) is 3.07. The molecule has 1 atom stereocenters. The second kappa shape index (κ2) is 6.05. The number of nitrogens with zero attached hydrogens (tertiary/aromatic N) is 2. The molecule has 0 spiro atoms. The summed E-state index contributed by atoms with van der Waals surface area (Å²) in [5.41, 5.74) is -0.616. The molecule has 1 aliphatic carbocycles. The van der Waals surface area contributed by atoms with Gasteiger partial charge in [-0.1, -0.05) is 32.9 Å². The van der Waals surface area contributed by atoms with Crippen LogP contribution in [0.2, 0.25) is 0 Å². The average molecular weight is 296 g/mol. The molecule has 21 heavy (non-hydrogen) atoms. The SMILES string of the molecule is COC1(c2noc(CC(O)C(C)(C)C)n2)CCC(C)CC1. The van der Waals surface area contributed by atoms with Crippen LogP contribution in [0.25, 0.3) is 0 Å². The molecule has 0 saturated heterocycles. The topological polar surface area (TPSA) is 68.4 Å². The molecule has 1 aromatic rings. The van der Waals surface area contributed by atoms with E-state index in [9.17, 15) is 5.11 Å². The smallest absolute Gasteiger partial charge is 0.229 e. The number of ether oxygens (including phenoxy) is 1. The zero-order chi connectivity index (χ0) is 15.7. The van der Waals surface area contributed by atoms with Crippen molar-refractivity contribution in [3.63, 3.8) is 0 Å². The zero-order valence-corrected chi connectivity index (χ0v) is 13.8. The Morgan fingerprint density at radius 2 is 2.00 bits per heavy atom. The lowest BCUT2D eigenvalue weighted by molar-refractivity contribution is -0.0609. The van der Waals surface area contributed by atoms with Crippen molar-refractivity contribution in [1.29, 1.82) is 0 Å². The van der Waals surface area contributed by atoms with Gasteiger partial charge in [-0.25, -0.2) is 0 Å². The second-order valence-corrected chi connectivity index (χ2v) is 7.48. The number of rotatable bonds is 4. The Morgan fingerprint density at radius 1 is 1.38 bits per heavy atom. The van der Waals surface area contributed by atoms with Gasteiger partial charge in [-0.05, 0) is 37.0 Å². The van der Waals surface area contributed by atoms with Crippen molar-refractivity contribution < 1.29 is 14.4 Å². The van der Waals surface area contributed by atoms with Crippen LogP contribution in [0, 0.1) is 11.3 Å². The van der Waals surface area contributed by atoms with E-state index in [1.165, 1.54) is 0 Å². The third-order valence-corrected chi connectivity index (χ3v) is 4.72. The van der Waals surface area contributed by atoms with E-state index < -0.39 is 11.7 Å². The van der Waals surface area contributed by atoms with Gasteiger partial charge in [-0.3, -0.25) is 0 Å². The van der Waals surface area contributed by atoms with Crippen molar-refractivity contribution in [2.75, 3.05) is 7.11 Å². The molecule has 1 aromatic heterocycles. The van der Waals surface area contributed by atoms with Gasteiger partial charge >= 0.3 is 0 Å². The summed E-state index contributed by atoms with van der Waals surface area (Å²) in [5.74, 6) is 1.85. The summed E-state index contributed by atoms with van der Waals surface area (Å²) >= 11 is 0. The van der Waals surface area contributed by atoms with Crippen LogP contribution in [-0.2, 0) is 16.8 Å². The van der Waals surface area contributed by atoms with E-state index in [0.29, 0.717) is 18.1 Å². The largest absolute Gasteiger partial charge is 0.392 e. The average Bonchev–Trinajstić information content (AvgIpc) is 2.88. The van der Waals surface area contributed by atoms with E-state index in [0.717, 1.165) is 31.6 Å². The maximum Gasteiger partial charge on any atom is 0.229 e. The summed E-state index contributed by atoms with van der Waals surface area (Å²) < 4.78 is 11.1. The molecule has 5 nitrogen and oxygen atoms in total. The highest BCUT2D eigenvalue weighted by Gasteiger charge is 2.40. The molecule has 0 bridgehead atoms. The van der Waals surface area contributed by atoms with Crippen molar-refractivity contribution in [2.24, 2.45) is 11.3 Å². The molecule has 120 valence electrons. The van der Waals surface area contributed by atoms with E-state index in [1.54, 1.807) is 7.11 Å². The van der Waals surface area contributed by atoms with E-state index >= 15 is 0 Å². The Balaban J connectivity index is 2.11. The molecule has 1 heterocycles. The lowest BCUT2D eigenvalue weighted by Gasteiger charge is -2.35. The van der Waals surface area contributed by atoms with Crippen LogP contribution in [0.3, 0.4) is 0 Å². The number of methoxy groups -OCH3 is 1. The second-order valence-electron chi connectivity index (χ2n) is 7.48. The van der Waals surface area contributed by atoms with Crippen LogP contribution in [0.4, 0.5) is 0 Å². The summed E-state index contributed by atoms with van der Waals surface area (Å²) in [4.78, 5) is 4.49. The Labute approximate surface area is 127 Å². The summed E-state index contributed by atoms with van der Waals surface area (Å²) in [6.07, 6.45) is 3.95. The monoisotopic (exact) mass is 296 g/mol. The molecule has 1 unspecified atom stereocenters. The number of hydrogen-bond donors (Lipinski definition) is 1. The third-order valence-electron chi connectivity index (χ3n) is 4.72. The lowest BCUT2D eigenvalue weighted by Crippen LogP contribution is -2.34. The Kier molecular flexibility index (Phi) is 4.73. The van der Waals surface area contributed by atoms with Crippen LogP contribution in [-0.4, -0.2) is 28.5 Å². The minimum Gasteiger partial charge on any atom is -0.392 e. The molecule has 1 N–H and O–H groups in total. The fraction of sp³-hybridized carbons (Fsp3) is 0.875. The number of hydrogen-bond acceptors (Lipinski definition) is 5. The van der Waals surface area contributed by atoms with Crippen LogP contribution >= 0.6 is 0 Å². The Morgan fingerprint density at radius 3 is 2.52 bits per heavy atom. The molecule has 1 aliphatic rings. The minimum absolute atomic E-state index is 0.201. The van der Waals surface area contributed by atoms with Crippen LogP contribution in [0.1, 0.15) is 65.1 Å². The molecule has 0 radical (unpaired) electrons. The first-order valence-electron chi connectivity index (χ1n) is 7.83. The summed E-state index contributed by atoms with van der Waals surface area (Å²) in [5, 5.41) is 14.3. The molecule has 0 amide bonds.